The van der Waals surface area contributed by atoms with E-state index in [1.165, 1.54) is 0 Å². The molecule has 2 aromatic heterocycles. The summed E-state index contributed by atoms with van der Waals surface area (Å²) in [5.74, 6) is 0. The van der Waals surface area contributed by atoms with Crippen LogP contribution in [0.1, 0.15) is 30.5 Å². The first-order valence-corrected chi connectivity index (χ1v) is 12.6. The second-order valence-corrected chi connectivity index (χ2v) is 9.25. The largest absolute Gasteiger partial charge is 0.455 e. The van der Waals surface area contributed by atoms with Gasteiger partial charge in [-0.2, -0.15) is 0 Å². The number of aromatic nitrogens is 1. The van der Waals surface area contributed by atoms with E-state index in [-0.39, 0.29) is 5.56 Å². The molecule has 0 saturated carbocycles. The van der Waals surface area contributed by atoms with Crippen molar-refractivity contribution in [2.24, 2.45) is 0 Å². The van der Waals surface area contributed by atoms with Crippen LogP contribution in [0.5, 0.6) is 0 Å². The number of hydrogen-bond acceptors (Lipinski definition) is 2. The van der Waals surface area contributed by atoms with E-state index in [0.29, 0.717) is 12.1 Å². The summed E-state index contributed by atoms with van der Waals surface area (Å²) in [5.41, 5.74) is 12.9. The fourth-order valence-electron chi connectivity index (χ4n) is 5.14. The van der Waals surface area contributed by atoms with Gasteiger partial charge in [0.25, 0.3) is 5.56 Å². The van der Waals surface area contributed by atoms with Crippen molar-refractivity contribution in [3.05, 3.63) is 141 Å². The van der Waals surface area contributed by atoms with Gasteiger partial charge in [-0.25, -0.2) is 0 Å². The molecular weight excluding hydrogens is 466 g/mol. The molecule has 38 heavy (non-hydrogen) atoms. The van der Waals surface area contributed by atoms with E-state index in [9.17, 15) is 4.79 Å². The number of furan rings is 1. The van der Waals surface area contributed by atoms with Crippen LogP contribution in [-0.2, 0) is 6.54 Å². The highest BCUT2D eigenvalue weighted by Gasteiger charge is 2.16. The number of nitrogens with zero attached hydrogens (tertiary/aromatic N) is 1. The molecule has 0 spiro atoms. The smallest absolute Gasteiger partial charge is 0.254 e. The summed E-state index contributed by atoms with van der Waals surface area (Å²) in [6.45, 7) is 14.3. The molecule has 0 fully saturated rings. The minimum absolute atomic E-state index is 0.0509. The van der Waals surface area contributed by atoms with Crippen molar-refractivity contribution in [3.8, 4) is 0 Å². The number of hydrogen-bond donors (Lipinski definition) is 0. The Morgan fingerprint density at radius 3 is 2.61 bits per heavy atom. The maximum absolute atomic E-state index is 13.7. The van der Waals surface area contributed by atoms with E-state index in [4.69, 9.17) is 4.42 Å². The van der Waals surface area contributed by atoms with Crippen LogP contribution >= 0.6 is 0 Å². The highest BCUT2D eigenvalue weighted by atomic mass is 16.3. The minimum Gasteiger partial charge on any atom is -0.455 e. The van der Waals surface area contributed by atoms with Crippen molar-refractivity contribution in [1.29, 1.82) is 0 Å². The van der Waals surface area contributed by atoms with Gasteiger partial charge in [-0.3, -0.25) is 4.79 Å². The number of allylic oxidation sites excluding steroid dienone is 8. The SMILES string of the molecule is C=C=C1/C=C\C=C/Cn2c(=O)c(C)c(/C=C\C)c(=C=C)/c2=C1\C=C(/C)c1cccc2c1oc1ccccc12. The zero-order valence-corrected chi connectivity index (χ0v) is 22.0. The van der Waals surface area contributed by atoms with Crippen molar-refractivity contribution in [3.63, 3.8) is 0 Å². The fraction of sp³-hybridized carbons (Fsp3) is 0.114. The number of para-hydroxylation sites is 2. The van der Waals surface area contributed by atoms with E-state index in [0.717, 1.165) is 60.4 Å². The number of benzene rings is 2. The highest BCUT2D eigenvalue weighted by Crippen LogP contribution is 2.34. The van der Waals surface area contributed by atoms with Crippen LogP contribution < -0.4 is 16.1 Å². The molecule has 5 rings (SSSR count). The third kappa shape index (κ3) is 4.11. The zero-order valence-electron chi connectivity index (χ0n) is 22.0. The van der Waals surface area contributed by atoms with Gasteiger partial charge < -0.3 is 8.98 Å². The van der Waals surface area contributed by atoms with Crippen LogP contribution in [0, 0.1) is 6.92 Å². The Kier molecular flexibility index (Phi) is 6.73. The van der Waals surface area contributed by atoms with Crippen molar-refractivity contribution >= 4 is 44.9 Å². The lowest BCUT2D eigenvalue weighted by Crippen LogP contribution is -2.47. The van der Waals surface area contributed by atoms with Gasteiger partial charge in [0.15, 0.2) is 0 Å². The summed E-state index contributed by atoms with van der Waals surface area (Å²) in [7, 11) is 0. The molecule has 0 amide bonds. The van der Waals surface area contributed by atoms with Gasteiger partial charge in [-0.05, 0) is 50.1 Å². The average Bonchev–Trinajstić information content (AvgIpc) is 3.34. The van der Waals surface area contributed by atoms with Crippen LogP contribution in [0.25, 0.3) is 44.9 Å². The van der Waals surface area contributed by atoms with Crippen molar-refractivity contribution in [2.45, 2.75) is 27.3 Å². The molecule has 2 aromatic carbocycles. The van der Waals surface area contributed by atoms with Gasteiger partial charge in [0.2, 0.25) is 0 Å². The Balaban J connectivity index is 1.95. The van der Waals surface area contributed by atoms with E-state index in [1.807, 2.05) is 74.6 Å². The van der Waals surface area contributed by atoms with Gasteiger partial charge in [0.05, 0.1) is 5.35 Å². The molecule has 186 valence electrons. The standard InChI is InChI=1S/C35H29NO2/c1-6-15-28-24(5)35(37)36-21-13-9-10-16-25(7-2)31(33(36)26(28)8-3)22-23(4)27-18-14-19-30-29-17-11-12-20-32(29)38-34(27)30/h6,9-20,22H,2-3,21H2,1,4-5H3/b13-9-,15-6-,16-10-,23-22+,33-31-. The zero-order chi connectivity index (χ0) is 26.8. The Labute approximate surface area is 222 Å². The summed E-state index contributed by atoms with van der Waals surface area (Å²) in [5, 5.41) is 3.66. The number of fused-ring (bicyclic) bond motifs is 4. The van der Waals surface area contributed by atoms with Crippen molar-refractivity contribution < 1.29 is 4.42 Å². The summed E-state index contributed by atoms with van der Waals surface area (Å²) >= 11 is 0. The van der Waals surface area contributed by atoms with Crippen molar-refractivity contribution in [1.82, 2.24) is 4.57 Å². The highest BCUT2D eigenvalue weighted by molar-refractivity contribution is 6.08. The molecule has 0 saturated heterocycles. The molecule has 1 aliphatic rings. The van der Waals surface area contributed by atoms with Crippen LogP contribution in [0.4, 0.5) is 0 Å². The molecule has 4 aromatic rings. The van der Waals surface area contributed by atoms with E-state index in [1.54, 1.807) is 4.57 Å². The van der Waals surface area contributed by atoms with Crippen LogP contribution in [-0.4, -0.2) is 4.57 Å². The fourth-order valence-corrected chi connectivity index (χ4v) is 5.14. The summed E-state index contributed by atoms with van der Waals surface area (Å²) in [6.07, 6.45) is 13.8. The molecule has 0 bridgehead atoms. The molecule has 3 heterocycles. The lowest BCUT2D eigenvalue weighted by atomic mass is 9.96. The number of rotatable bonds is 3. The normalized spacial score (nSPS) is 17.0. The predicted octanol–water partition coefficient (Wildman–Crippen LogP) is 6.75. The molecule has 0 atom stereocenters. The minimum atomic E-state index is -0.0509. The van der Waals surface area contributed by atoms with Gasteiger partial charge >= 0.3 is 0 Å². The Hall–Kier alpha value is -4.81. The molecule has 0 aliphatic carbocycles. The molecule has 0 radical (unpaired) electrons. The molecule has 0 unspecified atom stereocenters. The maximum Gasteiger partial charge on any atom is 0.254 e. The molecule has 3 nitrogen and oxygen atoms in total. The topological polar surface area (TPSA) is 35.1 Å². The molecular formula is C35H29NO2. The van der Waals surface area contributed by atoms with Crippen LogP contribution in [0.2, 0.25) is 0 Å². The van der Waals surface area contributed by atoms with E-state index < -0.39 is 0 Å². The second kappa shape index (κ2) is 10.3. The predicted molar refractivity (Wildman–Crippen MR) is 160 cm³/mol. The van der Waals surface area contributed by atoms with Gasteiger partial charge in [0, 0.05) is 44.8 Å². The molecule has 1 aliphatic heterocycles. The number of pyridine rings is 1. The van der Waals surface area contributed by atoms with Gasteiger partial charge in [0.1, 0.15) is 11.2 Å². The first-order valence-electron chi connectivity index (χ1n) is 12.6. The summed E-state index contributed by atoms with van der Waals surface area (Å²) in [6, 6.07) is 14.3. The second-order valence-electron chi connectivity index (χ2n) is 9.25. The summed E-state index contributed by atoms with van der Waals surface area (Å²) < 4.78 is 8.11. The van der Waals surface area contributed by atoms with Crippen LogP contribution in [0.3, 0.4) is 0 Å². The maximum atomic E-state index is 13.7. The lowest BCUT2D eigenvalue weighted by molar-refractivity contribution is 0.667. The monoisotopic (exact) mass is 495 g/mol. The van der Waals surface area contributed by atoms with Crippen molar-refractivity contribution in [2.75, 3.05) is 0 Å². The first-order chi connectivity index (χ1) is 18.5. The Morgan fingerprint density at radius 2 is 1.84 bits per heavy atom. The summed E-state index contributed by atoms with van der Waals surface area (Å²) in [4.78, 5) is 13.7. The molecule has 0 N–H and O–H groups in total. The Morgan fingerprint density at radius 1 is 1.05 bits per heavy atom. The molecule has 3 heteroatoms. The van der Waals surface area contributed by atoms with Gasteiger partial charge in [-0.1, -0.05) is 79.9 Å². The van der Waals surface area contributed by atoms with E-state index in [2.05, 4.69) is 55.8 Å². The quantitative estimate of drug-likeness (QED) is 0.295. The third-order valence-corrected chi connectivity index (χ3v) is 6.98. The Bertz CT molecular complexity index is 1990. The van der Waals surface area contributed by atoms with Crippen LogP contribution in [0.15, 0.2) is 113 Å². The third-order valence-electron chi connectivity index (χ3n) is 6.98. The lowest BCUT2D eigenvalue weighted by Gasteiger charge is -2.14. The van der Waals surface area contributed by atoms with E-state index >= 15 is 0 Å². The first kappa shape index (κ1) is 24.9. The average molecular weight is 496 g/mol. The van der Waals surface area contributed by atoms with Gasteiger partial charge in [-0.15, -0.1) is 11.5 Å².